The van der Waals surface area contributed by atoms with Crippen molar-refractivity contribution in [1.29, 1.82) is 0 Å². The number of carbonyl (C=O) groups is 3. The predicted molar refractivity (Wildman–Crippen MR) is 104 cm³/mol. The minimum atomic E-state index is -0.376. The number of hydrogen-bond acceptors (Lipinski definition) is 3. The number of amides is 3. The van der Waals surface area contributed by atoms with Gasteiger partial charge in [0, 0.05) is 31.3 Å². The van der Waals surface area contributed by atoms with Gasteiger partial charge >= 0.3 is 0 Å². The topological polar surface area (TPSA) is 78.5 Å². The summed E-state index contributed by atoms with van der Waals surface area (Å²) in [4.78, 5) is 37.8. The van der Waals surface area contributed by atoms with Crippen LogP contribution in [0.1, 0.15) is 31.9 Å². The quantitative estimate of drug-likeness (QED) is 0.854. The van der Waals surface area contributed by atoms with E-state index in [4.69, 9.17) is 0 Å². The van der Waals surface area contributed by atoms with E-state index in [9.17, 15) is 14.4 Å². The highest BCUT2D eigenvalue weighted by Gasteiger charge is 2.36. The van der Waals surface area contributed by atoms with Crippen molar-refractivity contribution in [1.82, 2.24) is 4.90 Å². The number of benzene rings is 2. The van der Waals surface area contributed by atoms with Crippen molar-refractivity contribution in [3.63, 3.8) is 0 Å². The molecule has 3 rings (SSSR count). The van der Waals surface area contributed by atoms with E-state index in [1.807, 2.05) is 37.3 Å². The number of hydrogen-bond donors (Lipinski definition) is 2. The second kappa shape index (κ2) is 8.03. The molecule has 6 nitrogen and oxygen atoms in total. The van der Waals surface area contributed by atoms with Crippen molar-refractivity contribution in [2.45, 2.75) is 26.3 Å². The minimum absolute atomic E-state index is 0.00694. The molecule has 0 aromatic heterocycles. The number of anilines is 2. The van der Waals surface area contributed by atoms with Crippen LogP contribution < -0.4 is 10.6 Å². The second-order valence-electron chi connectivity index (χ2n) is 6.78. The molecule has 0 radical (unpaired) electrons. The fourth-order valence-electron chi connectivity index (χ4n) is 3.28. The molecule has 6 heteroatoms. The normalized spacial score (nSPS) is 17.5. The van der Waals surface area contributed by atoms with Crippen molar-refractivity contribution in [2.75, 3.05) is 17.2 Å². The second-order valence-corrected chi connectivity index (χ2v) is 6.78. The summed E-state index contributed by atoms with van der Waals surface area (Å²) in [6.45, 7) is 3.83. The van der Waals surface area contributed by atoms with E-state index in [0.29, 0.717) is 17.9 Å². The highest BCUT2D eigenvalue weighted by molar-refractivity contribution is 5.97. The molecular formula is C21H23N3O3. The number of carbonyl (C=O) groups excluding carboxylic acids is 3. The van der Waals surface area contributed by atoms with Gasteiger partial charge in [0.15, 0.2) is 0 Å². The van der Waals surface area contributed by atoms with Gasteiger partial charge in [-0.05, 0) is 36.8 Å². The maximum absolute atomic E-state index is 12.6. The van der Waals surface area contributed by atoms with Gasteiger partial charge < -0.3 is 15.5 Å². The standard InChI is InChI=1S/C21H23N3O3/c1-14(16-6-4-3-5-7-16)24-13-17(12-20(24)26)21(27)23-19-10-8-18(9-11-19)22-15(2)25/h3-11,14,17H,12-13H2,1-2H3,(H,22,25)(H,23,27)/t14-,17+/m1/s1. The summed E-state index contributed by atoms with van der Waals surface area (Å²) < 4.78 is 0. The number of likely N-dealkylation sites (tertiary alicyclic amines) is 1. The molecule has 0 aliphatic carbocycles. The van der Waals surface area contributed by atoms with Gasteiger partial charge in [0.2, 0.25) is 17.7 Å². The summed E-state index contributed by atoms with van der Waals surface area (Å²) in [6, 6.07) is 16.6. The fraction of sp³-hybridized carbons (Fsp3) is 0.286. The van der Waals surface area contributed by atoms with Crippen LogP contribution in [0.2, 0.25) is 0 Å². The number of nitrogens with one attached hydrogen (secondary N) is 2. The van der Waals surface area contributed by atoms with Gasteiger partial charge in [0.25, 0.3) is 0 Å². The molecule has 1 aliphatic rings. The number of rotatable bonds is 5. The molecule has 1 heterocycles. The van der Waals surface area contributed by atoms with Gasteiger partial charge in [-0.1, -0.05) is 30.3 Å². The van der Waals surface area contributed by atoms with E-state index in [1.54, 1.807) is 29.2 Å². The molecule has 1 fully saturated rings. The summed E-state index contributed by atoms with van der Waals surface area (Å²) >= 11 is 0. The molecule has 27 heavy (non-hydrogen) atoms. The lowest BCUT2D eigenvalue weighted by molar-refractivity contribution is -0.129. The van der Waals surface area contributed by atoms with Crippen LogP contribution in [-0.2, 0) is 14.4 Å². The summed E-state index contributed by atoms with van der Waals surface area (Å²) in [5.74, 6) is -0.700. The van der Waals surface area contributed by atoms with Gasteiger partial charge in [-0.25, -0.2) is 0 Å². The first-order valence-corrected chi connectivity index (χ1v) is 8.97. The van der Waals surface area contributed by atoms with Crippen LogP contribution >= 0.6 is 0 Å². The molecule has 0 unspecified atom stereocenters. The SMILES string of the molecule is CC(=O)Nc1ccc(NC(=O)[C@H]2CC(=O)N([C@H](C)c3ccccc3)C2)cc1. The molecule has 2 atom stereocenters. The zero-order chi connectivity index (χ0) is 19.4. The monoisotopic (exact) mass is 365 g/mol. The van der Waals surface area contributed by atoms with Crippen LogP contribution in [-0.4, -0.2) is 29.2 Å². The van der Waals surface area contributed by atoms with Gasteiger partial charge in [-0.15, -0.1) is 0 Å². The molecule has 1 saturated heterocycles. The zero-order valence-corrected chi connectivity index (χ0v) is 15.4. The Kier molecular flexibility index (Phi) is 5.54. The third-order valence-electron chi connectivity index (χ3n) is 4.75. The van der Waals surface area contributed by atoms with E-state index in [1.165, 1.54) is 6.92 Å². The van der Waals surface area contributed by atoms with E-state index >= 15 is 0 Å². The van der Waals surface area contributed by atoms with Crippen LogP contribution in [0.3, 0.4) is 0 Å². The van der Waals surface area contributed by atoms with Gasteiger partial charge in [-0.2, -0.15) is 0 Å². The largest absolute Gasteiger partial charge is 0.335 e. The lowest BCUT2D eigenvalue weighted by atomic mass is 10.1. The summed E-state index contributed by atoms with van der Waals surface area (Å²) in [7, 11) is 0. The first kappa shape index (κ1) is 18.6. The van der Waals surface area contributed by atoms with Crippen molar-refractivity contribution < 1.29 is 14.4 Å². The van der Waals surface area contributed by atoms with E-state index in [2.05, 4.69) is 10.6 Å². The first-order valence-electron chi connectivity index (χ1n) is 8.97. The average molecular weight is 365 g/mol. The third kappa shape index (κ3) is 4.53. The predicted octanol–water partition coefficient (Wildman–Crippen LogP) is 3.19. The van der Waals surface area contributed by atoms with Crippen LogP contribution in [0.25, 0.3) is 0 Å². The Bertz CT molecular complexity index is 834. The lowest BCUT2D eigenvalue weighted by Gasteiger charge is -2.25. The third-order valence-corrected chi connectivity index (χ3v) is 4.75. The molecule has 0 saturated carbocycles. The van der Waals surface area contributed by atoms with Crippen molar-refractivity contribution in [2.24, 2.45) is 5.92 Å². The molecule has 2 aromatic rings. The summed E-state index contributed by atoms with van der Waals surface area (Å²) in [6.07, 6.45) is 0.215. The van der Waals surface area contributed by atoms with E-state index < -0.39 is 0 Å². The average Bonchev–Trinajstić information content (AvgIpc) is 3.05. The van der Waals surface area contributed by atoms with Crippen molar-refractivity contribution >= 4 is 29.1 Å². The zero-order valence-electron chi connectivity index (χ0n) is 15.4. The lowest BCUT2D eigenvalue weighted by Crippen LogP contribution is -2.30. The fourth-order valence-corrected chi connectivity index (χ4v) is 3.28. The van der Waals surface area contributed by atoms with Crippen LogP contribution in [0.5, 0.6) is 0 Å². The van der Waals surface area contributed by atoms with E-state index in [0.717, 1.165) is 5.56 Å². The molecule has 2 aromatic carbocycles. The van der Waals surface area contributed by atoms with Gasteiger partial charge in [0.05, 0.1) is 12.0 Å². The molecule has 1 aliphatic heterocycles. The van der Waals surface area contributed by atoms with Crippen LogP contribution in [0.4, 0.5) is 11.4 Å². The van der Waals surface area contributed by atoms with Crippen LogP contribution in [0.15, 0.2) is 54.6 Å². The molecular weight excluding hydrogens is 342 g/mol. The Balaban J connectivity index is 1.61. The Hall–Kier alpha value is -3.15. The molecule has 0 bridgehead atoms. The smallest absolute Gasteiger partial charge is 0.229 e. The Morgan fingerprint density at radius 3 is 2.19 bits per heavy atom. The Morgan fingerprint density at radius 1 is 1.00 bits per heavy atom. The van der Waals surface area contributed by atoms with Crippen molar-refractivity contribution in [3.05, 3.63) is 60.2 Å². The summed E-state index contributed by atoms with van der Waals surface area (Å²) in [5, 5.41) is 5.53. The molecule has 0 spiro atoms. The minimum Gasteiger partial charge on any atom is -0.335 e. The highest BCUT2D eigenvalue weighted by Crippen LogP contribution is 2.29. The molecule has 2 N–H and O–H groups in total. The summed E-state index contributed by atoms with van der Waals surface area (Å²) in [5.41, 5.74) is 2.36. The van der Waals surface area contributed by atoms with Gasteiger partial charge in [-0.3, -0.25) is 14.4 Å². The van der Waals surface area contributed by atoms with E-state index in [-0.39, 0.29) is 36.1 Å². The van der Waals surface area contributed by atoms with Crippen molar-refractivity contribution in [3.8, 4) is 0 Å². The highest BCUT2D eigenvalue weighted by atomic mass is 16.2. The van der Waals surface area contributed by atoms with Crippen LogP contribution in [0, 0.1) is 5.92 Å². The Labute approximate surface area is 158 Å². The first-order chi connectivity index (χ1) is 12.9. The maximum Gasteiger partial charge on any atom is 0.229 e. The Morgan fingerprint density at radius 2 is 1.59 bits per heavy atom. The van der Waals surface area contributed by atoms with Gasteiger partial charge in [0.1, 0.15) is 0 Å². The maximum atomic E-state index is 12.6. The molecule has 140 valence electrons. The number of nitrogens with zero attached hydrogens (tertiary/aromatic N) is 1. The molecule has 3 amide bonds.